The van der Waals surface area contributed by atoms with Crippen LogP contribution in [0.5, 0.6) is 0 Å². The second-order valence-electron chi connectivity index (χ2n) is 12.5. The Balaban J connectivity index is 0.000000175. The molecule has 0 radical (unpaired) electrons. The van der Waals surface area contributed by atoms with Crippen LogP contribution in [0.15, 0.2) is 18.6 Å². The van der Waals surface area contributed by atoms with E-state index >= 15 is 0 Å². The maximum atomic E-state index is 11.2. The number of nitrogen functional groups attached to an aromatic ring is 3. The number of carbonyl (C=O) groups is 3. The van der Waals surface area contributed by atoms with Gasteiger partial charge in [0.15, 0.2) is 23.2 Å². The second-order valence-corrected chi connectivity index (χ2v) is 13.8. The van der Waals surface area contributed by atoms with Crippen molar-refractivity contribution in [2.24, 2.45) is 0 Å². The van der Waals surface area contributed by atoms with Gasteiger partial charge in [-0.2, -0.15) is 15.3 Å². The number of H-pyrrole nitrogens is 1. The second kappa shape index (κ2) is 18.6. The summed E-state index contributed by atoms with van der Waals surface area (Å²) in [5, 5.41) is 14.5. The molecule has 254 valence electrons. The number of carbonyl (C=O) groups excluding carboxylic acids is 3. The van der Waals surface area contributed by atoms with Crippen LogP contribution in [0, 0.1) is 0 Å². The van der Waals surface area contributed by atoms with E-state index in [2.05, 4.69) is 36.3 Å². The number of nitrogens with zero attached hydrogens (tertiary/aromatic N) is 5. The predicted molar refractivity (Wildman–Crippen MR) is 186 cm³/mol. The summed E-state index contributed by atoms with van der Waals surface area (Å²) in [6.07, 6.45) is 24.1. The number of halogens is 1. The molecule has 12 nitrogen and oxygen atoms in total. The monoisotopic (exact) mass is 701 g/mol. The van der Waals surface area contributed by atoms with Crippen molar-refractivity contribution in [3.63, 3.8) is 0 Å². The van der Waals surface area contributed by atoms with Gasteiger partial charge in [0.1, 0.15) is 11.6 Å². The Labute approximate surface area is 280 Å². The van der Waals surface area contributed by atoms with Gasteiger partial charge in [-0.3, -0.25) is 24.2 Å². The van der Waals surface area contributed by atoms with Gasteiger partial charge < -0.3 is 17.2 Å². The van der Waals surface area contributed by atoms with Crippen molar-refractivity contribution in [3.8, 4) is 0 Å². The lowest BCUT2D eigenvalue weighted by Crippen LogP contribution is -2.16. The zero-order valence-electron chi connectivity index (χ0n) is 27.6. The highest BCUT2D eigenvalue weighted by molar-refractivity contribution is 9.09. The zero-order chi connectivity index (χ0) is 33.6. The third-order valence-electron chi connectivity index (χ3n) is 8.81. The summed E-state index contributed by atoms with van der Waals surface area (Å²) >= 11 is 3.59. The third-order valence-corrected chi connectivity index (χ3v) is 9.72. The summed E-state index contributed by atoms with van der Waals surface area (Å²) in [5.41, 5.74) is 18.5. The van der Waals surface area contributed by atoms with Gasteiger partial charge in [0.2, 0.25) is 0 Å². The van der Waals surface area contributed by atoms with E-state index in [0.29, 0.717) is 46.2 Å². The van der Waals surface area contributed by atoms with Gasteiger partial charge in [0.05, 0.1) is 41.2 Å². The van der Waals surface area contributed by atoms with E-state index in [-0.39, 0.29) is 17.3 Å². The lowest BCUT2D eigenvalue weighted by Gasteiger charge is -2.22. The van der Waals surface area contributed by atoms with Crippen LogP contribution in [0.1, 0.15) is 160 Å². The first-order valence-corrected chi connectivity index (χ1v) is 17.5. The number of rotatable bonds is 5. The minimum absolute atomic E-state index is 0.00504. The molecular weight excluding hydrogens is 650 g/mol. The van der Waals surface area contributed by atoms with Gasteiger partial charge in [0.25, 0.3) is 0 Å². The fourth-order valence-corrected chi connectivity index (χ4v) is 6.75. The van der Waals surface area contributed by atoms with Gasteiger partial charge in [-0.1, -0.05) is 73.7 Å². The predicted octanol–water partition coefficient (Wildman–Crippen LogP) is 7.25. The molecule has 3 heterocycles. The molecule has 3 fully saturated rings. The molecule has 7 N–H and O–H groups in total. The van der Waals surface area contributed by atoms with E-state index in [0.717, 1.165) is 30.5 Å². The van der Waals surface area contributed by atoms with Gasteiger partial charge in [-0.15, -0.1) is 0 Å². The van der Waals surface area contributed by atoms with E-state index in [1.54, 1.807) is 12.4 Å². The van der Waals surface area contributed by atoms with Gasteiger partial charge in [-0.25, -0.2) is 4.68 Å². The zero-order valence-corrected chi connectivity index (χ0v) is 29.2. The standard InChI is InChI=1S/2C11H17N3O.C6H11Br.C5H7N3O/c1-8(15)10-7-14(13-11(10)12)9-5-3-2-4-6-9;1-8(15)10-7-13-14(11(10)12)9-5-3-2-4-6-9;7-6-4-2-1-3-5-6;1-3(9)4-2-7-8-5(4)6/h7,9H,2-6H2,1H3,(H2,12,13);7,9H,2-6,12H2,1H3;6H,1-5H2;2H,1H3,(H3,6,7,8). The number of ketones is 3. The highest BCUT2D eigenvalue weighted by Gasteiger charge is 2.21. The molecule has 0 bridgehead atoms. The van der Waals surface area contributed by atoms with Gasteiger partial charge >= 0.3 is 0 Å². The van der Waals surface area contributed by atoms with Crippen LogP contribution >= 0.6 is 15.9 Å². The fourth-order valence-electron chi connectivity index (χ4n) is 6.10. The van der Waals surface area contributed by atoms with E-state index in [9.17, 15) is 14.4 Å². The molecule has 3 aromatic rings. The maximum absolute atomic E-state index is 11.2. The van der Waals surface area contributed by atoms with Crippen LogP contribution in [0.2, 0.25) is 0 Å². The summed E-state index contributed by atoms with van der Waals surface area (Å²) in [4.78, 5) is 33.9. The van der Waals surface area contributed by atoms with Crippen molar-refractivity contribution in [2.45, 2.75) is 134 Å². The molecule has 0 atom stereocenters. The fraction of sp³-hybridized carbons (Fsp3) is 0.636. The number of anilines is 3. The average Bonchev–Trinajstić information content (AvgIpc) is 3.77. The number of aromatic amines is 1. The Morgan fingerprint density at radius 1 is 0.717 bits per heavy atom. The van der Waals surface area contributed by atoms with Crippen molar-refractivity contribution in [3.05, 3.63) is 35.3 Å². The lowest BCUT2D eigenvalue weighted by molar-refractivity contribution is 0.101. The minimum Gasteiger partial charge on any atom is -0.383 e. The Morgan fingerprint density at radius 2 is 1.22 bits per heavy atom. The van der Waals surface area contributed by atoms with Crippen molar-refractivity contribution < 1.29 is 14.4 Å². The molecule has 46 heavy (non-hydrogen) atoms. The van der Waals surface area contributed by atoms with E-state index in [1.165, 1.54) is 97.6 Å². The molecule has 0 aromatic carbocycles. The first-order valence-electron chi connectivity index (χ1n) is 16.6. The Bertz CT molecular complexity index is 1380. The van der Waals surface area contributed by atoms with Crippen LogP contribution in [0.25, 0.3) is 0 Å². The van der Waals surface area contributed by atoms with Crippen molar-refractivity contribution >= 4 is 50.7 Å². The quantitative estimate of drug-likeness (QED) is 0.156. The molecule has 0 saturated heterocycles. The molecule has 3 aliphatic rings. The first-order chi connectivity index (χ1) is 22.0. The molecule has 13 heteroatoms. The van der Waals surface area contributed by atoms with Crippen LogP contribution in [0.4, 0.5) is 17.5 Å². The minimum atomic E-state index is -0.0683. The van der Waals surface area contributed by atoms with Gasteiger partial charge in [-0.05, 0) is 59.3 Å². The molecule has 6 rings (SSSR count). The Kier molecular flexibility index (Phi) is 15.0. The first kappa shape index (κ1) is 37.0. The summed E-state index contributed by atoms with van der Waals surface area (Å²) in [5.74, 6) is 1.16. The number of hydrogen-bond acceptors (Lipinski definition) is 9. The van der Waals surface area contributed by atoms with Crippen molar-refractivity contribution in [2.75, 3.05) is 17.2 Å². The number of nitrogens with two attached hydrogens (primary N) is 3. The molecule has 0 unspecified atom stereocenters. The molecule has 0 aliphatic heterocycles. The highest BCUT2D eigenvalue weighted by atomic mass is 79.9. The number of hydrogen-bond donors (Lipinski definition) is 4. The Morgan fingerprint density at radius 3 is 1.59 bits per heavy atom. The summed E-state index contributed by atoms with van der Waals surface area (Å²) in [6.45, 7) is 4.50. The largest absolute Gasteiger partial charge is 0.383 e. The molecule has 3 aromatic heterocycles. The van der Waals surface area contributed by atoms with Crippen molar-refractivity contribution in [1.82, 2.24) is 29.8 Å². The molecule has 3 aliphatic carbocycles. The maximum Gasteiger partial charge on any atom is 0.165 e. The molecular formula is C33H52BrN9O3. The van der Waals surface area contributed by atoms with Crippen LogP contribution < -0.4 is 17.2 Å². The number of nitrogens with one attached hydrogen (secondary N) is 1. The van der Waals surface area contributed by atoms with Gasteiger partial charge in [0, 0.05) is 11.0 Å². The van der Waals surface area contributed by atoms with E-state index < -0.39 is 0 Å². The van der Waals surface area contributed by atoms with E-state index in [1.807, 2.05) is 9.36 Å². The number of Topliss-reactive ketones (excluding diaryl/α,β-unsaturated/α-hetero) is 3. The Hall–Kier alpha value is -3.48. The summed E-state index contributed by atoms with van der Waals surface area (Å²) < 4.78 is 3.71. The number of aromatic nitrogens is 6. The highest BCUT2D eigenvalue weighted by Crippen LogP contribution is 2.31. The third kappa shape index (κ3) is 11.1. The topological polar surface area (TPSA) is 194 Å². The molecule has 0 spiro atoms. The SMILES string of the molecule is BrC1CCCCC1.CC(=O)c1cn(C2CCCCC2)nc1N.CC(=O)c1cn[nH]c1N.CC(=O)c1cnn(C2CCCCC2)c1N. The van der Waals surface area contributed by atoms with Crippen LogP contribution in [-0.4, -0.2) is 51.9 Å². The molecule has 3 saturated carbocycles. The van der Waals surface area contributed by atoms with Crippen LogP contribution in [0.3, 0.4) is 0 Å². The molecule has 0 amide bonds. The summed E-state index contributed by atoms with van der Waals surface area (Å²) in [7, 11) is 0. The normalized spacial score (nSPS) is 17.4. The van der Waals surface area contributed by atoms with Crippen molar-refractivity contribution in [1.29, 1.82) is 0 Å². The average molecular weight is 703 g/mol. The number of alkyl halides is 1. The van der Waals surface area contributed by atoms with E-state index in [4.69, 9.17) is 17.2 Å². The lowest BCUT2D eigenvalue weighted by atomic mass is 9.95. The van der Waals surface area contributed by atoms with Crippen LogP contribution in [-0.2, 0) is 0 Å². The summed E-state index contributed by atoms with van der Waals surface area (Å²) in [6, 6.07) is 0.834. The smallest absolute Gasteiger partial charge is 0.165 e.